The second kappa shape index (κ2) is 3.15. The van der Waals surface area contributed by atoms with E-state index in [9.17, 15) is 0 Å². The van der Waals surface area contributed by atoms with Gasteiger partial charge in [0.2, 0.25) is 0 Å². The highest BCUT2D eigenvalue weighted by Gasteiger charge is 2.12. The summed E-state index contributed by atoms with van der Waals surface area (Å²) in [5.74, 6) is 1.64. The van der Waals surface area contributed by atoms with Crippen LogP contribution >= 0.6 is 0 Å². The molecule has 4 nitrogen and oxygen atoms in total. The number of hydrogen-bond donors (Lipinski definition) is 2. The number of anilines is 1. The van der Waals surface area contributed by atoms with Crippen molar-refractivity contribution < 1.29 is 0 Å². The zero-order valence-electron chi connectivity index (χ0n) is 7.08. The van der Waals surface area contributed by atoms with Crippen LogP contribution < -0.4 is 5.73 Å². The van der Waals surface area contributed by atoms with Crippen LogP contribution in [0, 0.1) is 0 Å². The summed E-state index contributed by atoms with van der Waals surface area (Å²) in [6, 6.07) is 0. The Balaban J connectivity index is 1.94. The van der Waals surface area contributed by atoms with Crippen molar-refractivity contribution in [2.45, 2.75) is 19.4 Å². The number of nitrogens with zero attached hydrogens (tertiary/aromatic N) is 2. The van der Waals surface area contributed by atoms with E-state index in [0.717, 1.165) is 12.4 Å². The third-order valence-electron chi connectivity index (χ3n) is 2.22. The zero-order valence-corrected chi connectivity index (χ0v) is 7.08. The largest absolute Gasteiger partial charge is 0.384 e. The summed E-state index contributed by atoms with van der Waals surface area (Å²) in [6.45, 7) is 3.30. The first-order valence-electron chi connectivity index (χ1n) is 4.36. The van der Waals surface area contributed by atoms with Crippen molar-refractivity contribution in [3.63, 3.8) is 0 Å². The third kappa shape index (κ3) is 1.58. The average Bonchev–Trinajstić information content (AvgIpc) is 2.63. The van der Waals surface area contributed by atoms with E-state index in [0.29, 0.717) is 5.82 Å². The Labute approximate surface area is 71.8 Å². The van der Waals surface area contributed by atoms with E-state index in [2.05, 4.69) is 14.9 Å². The molecule has 1 aromatic rings. The lowest BCUT2D eigenvalue weighted by molar-refractivity contribution is 0.323. The van der Waals surface area contributed by atoms with Crippen LogP contribution in [0.4, 0.5) is 5.82 Å². The third-order valence-corrected chi connectivity index (χ3v) is 2.22. The SMILES string of the molecule is Nc1cnc(CN2CCCC2)[nH]1. The van der Waals surface area contributed by atoms with Crippen molar-refractivity contribution in [1.29, 1.82) is 0 Å². The van der Waals surface area contributed by atoms with Crippen LogP contribution in [0.25, 0.3) is 0 Å². The van der Waals surface area contributed by atoms with Crippen LogP contribution in [0.1, 0.15) is 18.7 Å². The highest BCUT2D eigenvalue weighted by atomic mass is 15.2. The highest BCUT2D eigenvalue weighted by Crippen LogP contribution is 2.10. The van der Waals surface area contributed by atoms with Crippen molar-refractivity contribution in [2.75, 3.05) is 18.8 Å². The smallest absolute Gasteiger partial charge is 0.121 e. The van der Waals surface area contributed by atoms with E-state index >= 15 is 0 Å². The van der Waals surface area contributed by atoms with Crippen LogP contribution in [0.5, 0.6) is 0 Å². The monoisotopic (exact) mass is 166 g/mol. The fourth-order valence-electron chi connectivity index (χ4n) is 1.61. The fraction of sp³-hybridized carbons (Fsp3) is 0.625. The number of nitrogen functional groups attached to an aromatic ring is 1. The molecule has 0 spiro atoms. The van der Waals surface area contributed by atoms with E-state index in [1.807, 2.05) is 0 Å². The minimum Gasteiger partial charge on any atom is -0.384 e. The molecule has 3 N–H and O–H groups in total. The lowest BCUT2D eigenvalue weighted by Gasteiger charge is -2.11. The molecule has 0 aliphatic carbocycles. The number of nitrogens with two attached hydrogens (primary N) is 1. The number of rotatable bonds is 2. The molecule has 0 amide bonds. The number of imidazole rings is 1. The van der Waals surface area contributed by atoms with Gasteiger partial charge in [0.15, 0.2) is 0 Å². The number of aromatic amines is 1. The predicted molar refractivity (Wildman–Crippen MR) is 47.5 cm³/mol. The summed E-state index contributed by atoms with van der Waals surface area (Å²) >= 11 is 0. The molecule has 4 heteroatoms. The van der Waals surface area contributed by atoms with Gasteiger partial charge in [0.1, 0.15) is 11.6 Å². The van der Waals surface area contributed by atoms with E-state index in [-0.39, 0.29) is 0 Å². The highest BCUT2D eigenvalue weighted by molar-refractivity contribution is 5.24. The molecular formula is C8H14N4. The topological polar surface area (TPSA) is 57.9 Å². The van der Waals surface area contributed by atoms with E-state index < -0.39 is 0 Å². The van der Waals surface area contributed by atoms with Gasteiger partial charge >= 0.3 is 0 Å². The molecule has 0 radical (unpaired) electrons. The Morgan fingerprint density at radius 1 is 1.50 bits per heavy atom. The molecule has 1 aromatic heterocycles. The molecule has 0 saturated carbocycles. The lowest BCUT2D eigenvalue weighted by Crippen LogP contribution is -2.19. The number of nitrogens with one attached hydrogen (secondary N) is 1. The minimum absolute atomic E-state index is 0.657. The molecule has 12 heavy (non-hydrogen) atoms. The summed E-state index contributed by atoms with van der Waals surface area (Å²) in [4.78, 5) is 9.57. The number of aromatic nitrogens is 2. The van der Waals surface area contributed by atoms with Crippen LogP contribution in [0.2, 0.25) is 0 Å². The van der Waals surface area contributed by atoms with Crippen molar-refractivity contribution in [2.24, 2.45) is 0 Å². The molecule has 0 unspecified atom stereocenters. The molecule has 1 saturated heterocycles. The van der Waals surface area contributed by atoms with Gasteiger partial charge in [-0.25, -0.2) is 4.98 Å². The Kier molecular flexibility index (Phi) is 1.99. The summed E-state index contributed by atoms with van der Waals surface area (Å²) in [5.41, 5.74) is 5.52. The molecule has 2 heterocycles. The maximum Gasteiger partial charge on any atom is 0.121 e. The van der Waals surface area contributed by atoms with Gasteiger partial charge in [-0.1, -0.05) is 0 Å². The van der Waals surface area contributed by atoms with Gasteiger partial charge in [-0.2, -0.15) is 0 Å². The molecular weight excluding hydrogens is 152 g/mol. The summed E-state index contributed by atoms with van der Waals surface area (Å²) in [5, 5.41) is 0. The normalized spacial score (nSPS) is 18.7. The molecule has 1 aliphatic heterocycles. The molecule has 1 aliphatic rings. The van der Waals surface area contributed by atoms with E-state index in [4.69, 9.17) is 5.73 Å². The molecule has 66 valence electrons. The van der Waals surface area contributed by atoms with Crippen LogP contribution in [-0.2, 0) is 6.54 Å². The zero-order chi connectivity index (χ0) is 8.39. The Morgan fingerprint density at radius 2 is 2.25 bits per heavy atom. The summed E-state index contributed by atoms with van der Waals surface area (Å²) in [6.07, 6.45) is 4.30. The number of hydrogen-bond acceptors (Lipinski definition) is 3. The standard InChI is InChI=1S/C8H14N4/c9-7-5-10-8(11-7)6-12-3-1-2-4-12/h5H,1-4,6,9H2,(H,10,11). The van der Waals surface area contributed by atoms with Crippen molar-refractivity contribution in [3.05, 3.63) is 12.0 Å². The maximum absolute atomic E-state index is 5.52. The summed E-state index contributed by atoms with van der Waals surface area (Å²) in [7, 11) is 0. The van der Waals surface area contributed by atoms with Gasteiger partial charge in [-0.3, -0.25) is 4.90 Å². The van der Waals surface area contributed by atoms with Crippen molar-refractivity contribution in [1.82, 2.24) is 14.9 Å². The van der Waals surface area contributed by atoms with Gasteiger partial charge in [0.05, 0.1) is 12.7 Å². The quantitative estimate of drug-likeness (QED) is 0.676. The van der Waals surface area contributed by atoms with Gasteiger partial charge in [0.25, 0.3) is 0 Å². The Hall–Kier alpha value is -1.03. The van der Waals surface area contributed by atoms with Crippen LogP contribution in [-0.4, -0.2) is 28.0 Å². The second-order valence-electron chi connectivity index (χ2n) is 3.27. The molecule has 0 aromatic carbocycles. The molecule has 0 atom stereocenters. The van der Waals surface area contributed by atoms with E-state index in [1.54, 1.807) is 6.20 Å². The van der Waals surface area contributed by atoms with Gasteiger partial charge in [0, 0.05) is 0 Å². The second-order valence-corrected chi connectivity index (χ2v) is 3.27. The van der Waals surface area contributed by atoms with Gasteiger partial charge < -0.3 is 10.7 Å². The van der Waals surface area contributed by atoms with Gasteiger partial charge in [-0.05, 0) is 25.9 Å². The molecule has 0 bridgehead atoms. The molecule has 1 fully saturated rings. The predicted octanol–water partition coefficient (Wildman–Crippen LogP) is 0.588. The Bertz CT molecular complexity index is 249. The summed E-state index contributed by atoms with van der Waals surface area (Å²) < 4.78 is 0. The van der Waals surface area contributed by atoms with Crippen molar-refractivity contribution in [3.8, 4) is 0 Å². The first-order chi connectivity index (χ1) is 5.84. The van der Waals surface area contributed by atoms with E-state index in [1.165, 1.54) is 25.9 Å². The number of H-pyrrole nitrogens is 1. The first kappa shape index (κ1) is 7.61. The first-order valence-corrected chi connectivity index (χ1v) is 4.36. The Morgan fingerprint density at radius 3 is 2.83 bits per heavy atom. The molecule has 2 rings (SSSR count). The average molecular weight is 166 g/mol. The van der Waals surface area contributed by atoms with Crippen LogP contribution in [0.15, 0.2) is 6.20 Å². The maximum atomic E-state index is 5.52. The fourth-order valence-corrected chi connectivity index (χ4v) is 1.61. The van der Waals surface area contributed by atoms with Crippen molar-refractivity contribution >= 4 is 5.82 Å². The van der Waals surface area contributed by atoms with Gasteiger partial charge in [-0.15, -0.1) is 0 Å². The minimum atomic E-state index is 0.657. The lowest BCUT2D eigenvalue weighted by atomic mass is 10.4. The van der Waals surface area contributed by atoms with Crippen LogP contribution in [0.3, 0.4) is 0 Å². The number of likely N-dealkylation sites (tertiary alicyclic amines) is 1.